The van der Waals surface area contributed by atoms with Crippen LogP contribution in [0.25, 0.3) is 0 Å². The maximum Gasteiger partial charge on any atom is 0.271 e. The number of carbonyl (C=O) groups is 1. The van der Waals surface area contributed by atoms with Gasteiger partial charge in [0.1, 0.15) is 11.6 Å². The molecule has 0 aliphatic heterocycles. The van der Waals surface area contributed by atoms with E-state index in [1.807, 2.05) is 13.0 Å². The SMILES string of the molecule is CCCn1c(O)c(C(=O)c2ccccc2)c(C)c(C#N)c1=O. The Balaban J connectivity index is 2.76. The topological polar surface area (TPSA) is 83.1 Å². The molecule has 2 rings (SSSR count). The molecule has 5 heteroatoms. The first kappa shape index (κ1) is 15.5. The molecule has 1 N–H and O–H groups in total. The monoisotopic (exact) mass is 296 g/mol. The highest BCUT2D eigenvalue weighted by molar-refractivity contribution is 6.11. The summed E-state index contributed by atoms with van der Waals surface area (Å²) in [4.78, 5) is 24.9. The first-order valence-electron chi connectivity index (χ1n) is 6.99. The first-order chi connectivity index (χ1) is 10.5. The summed E-state index contributed by atoms with van der Waals surface area (Å²) in [6.07, 6.45) is 0.598. The van der Waals surface area contributed by atoms with Crippen LogP contribution in [0.15, 0.2) is 35.1 Å². The highest BCUT2D eigenvalue weighted by Gasteiger charge is 2.24. The Bertz CT molecular complexity index is 815. The highest BCUT2D eigenvalue weighted by atomic mass is 16.3. The van der Waals surface area contributed by atoms with E-state index in [1.165, 1.54) is 6.92 Å². The van der Waals surface area contributed by atoms with Crippen LogP contribution in [0, 0.1) is 18.3 Å². The van der Waals surface area contributed by atoms with Crippen LogP contribution in [0.4, 0.5) is 0 Å². The van der Waals surface area contributed by atoms with E-state index in [0.29, 0.717) is 12.0 Å². The van der Waals surface area contributed by atoms with Gasteiger partial charge in [0.15, 0.2) is 5.78 Å². The standard InChI is InChI=1S/C17H16N2O3/c1-3-9-19-16(21)13(10-18)11(2)14(17(19)22)15(20)12-7-5-4-6-8-12/h4-8,22H,3,9H2,1-2H3. The quantitative estimate of drug-likeness (QED) is 0.878. The van der Waals surface area contributed by atoms with Crippen LogP contribution in [0.1, 0.15) is 40.4 Å². The molecule has 0 spiro atoms. The Kier molecular flexibility index (Phi) is 4.42. The van der Waals surface area contributed by atoms with Crippen LogP contribution in [-0.4, -0.2) is 15.5 Å². The van der Waals surface area contributed by atoms with Gasteiger partial charge in [-0.25, -0.2) is 0 Å². The number of nitriles is 1. The molecule has 0 aliphatic rings. The lowest BCUT2D eigenvalue weighted by Gasteiger charge is -2.14. The van der Waals surface area contributed by atoms with Crippen molar-refractivity contribution in [2.24, 2.45) is 0 Å². The number of benzene rings is 1. The minimum Gasteiger partial charge on any atom is -0.494 e. The van der Waals surface area contributed by atoms with Crippen LogP contribution in [0.2, 0.25) is 0 Å². The van der Waals surface area contributed by atoms with Gasteiger partial charge in [0.25, 0.3) is 5.56 Å². The van der Waals surface area contributed by atoms with Crippen molar-refractivity contribution in [2.75, 3.05) is 0 Å². The summed E-state index contributed by atoms with van der Waals surface area (Å²) in [5.74, 6) is -0.783. The second-order valence-electron chi connectivity index (χ2n) is 4.96. The molecule has 0 unspecified atom stereocenters. The summed E-state index contributed by atoms with van der Waals surface area (Å²) in [5.41, 5.74) is -0.0528. The fraction of sp³-hybridized carbons (Fsp3) is 0.235. The average Bonchev–Trinajstić information content (AvgIpc) is 2.52. The van der Waals surface area contributed by atoms with Crippen LogP contribution in [0.3, 0.4) is 0 Å². The zero-order chi connectivity index (χ0) is 16.3. The second kappa shape index (κ2) is 6.27. The lowest BCUT2D eigenvalue weighted by molar-refractivity contribution is 0.103. The van der Waals surface area contributed by atoms with Gasteiger partial charge < -0.3 is 5.11 Å². The molecule has 0 saturated heterocycles. The van der Waals surface area contributed by atoms with Gasteiger partial charge >= 0.3 is 0 Å². The van der Waals surface area contributed by atoms with Crippen molar-refractivity contribution in [3.8, 4) is 11.9 Å². The predicted molar refractivity (Wildman–Crippen MR) is 82.0 cm³/mol. The molecular formula is C17H16N2O3. The van der Waals surface area contributed by atoms with Gasteiger partial charge in [0.2, 0.25) is 5.88 Å². The molecule has 0 radical (unpaired) electrons. The van der Waals surface area contributed by atoms with E-state index in [1.54, 1.807) is 30.3 Å². The van der Waals surface area contributed by atoms with Crippen molar-refractivity contribution in [3.05, 3.63) is 62.9 Å². The third-order valence-electron chi connectivity index (χ3n) is 3.51. The molecular weight excluding hydrogens is 280 g/mol. The fourth-order valence-corrected chi connectivity index (χ4v) is 2.39. The maximum atomic E-state index is 12.6. The molecule has 0 amide bonds. The van der Waals surface area contributed by atoms with Gasteiger partial charge in [-0.15, -0.1) is 0 Å². The maximum absolute atomic E-state index is 12.6. The molecule has 0 atom stereocenters. The van der Waals surface area contributed by atoms with Gasteiger partial charge in [0.05, 0.1) is 5.56 Å². The van der Waals surface area contributed by atoms with Crippen molar-refractivity contribution in [1.82, 2.24) is 4.57 Å². The predicted octanol–water partition coefficient (Wildman–Crippen LogP) is 2.38. The molecule has 1 heterocycles. The van der Waals surface area contributed by atoms with Crippen LogP contribution < -0.4 is 5.56 Å². The second-order valence-corrected chi connectivity index (χ2v) is 4.96. The van der Waals surface area contributed by atoms with E-state index in [9.17, 15) is 20.0 Å². The van der Waals surface area contributed by atoms with Gasteiger partial charge in [0, 0.05) is 12.1 Å². The fourth-order valence-electron chi connectivity index (χ4n) is 2.39. The van der Waals surface area contributed by atoms with E-state index in [2.05, 4.69) is 0 Å². The van der Waals surface area contributed by atoms with Crippen LogP contribution in [0.5, 0.6) is 5.88 Å². The Labute approximate surface area is 128 Å². The van der Waals surface area contributed by atoms with Gasteiger partial charge in [-0.1, -0.05) is 37.3 Å². The molecule has 0 fully saturated rings. The lowest BCUT2D eigenvalue weighted by atomic mass is 9.97. The number of nitrogens with zero attached hydrogens (tertiary/aromatic N) is 2. The zero-order valence-electron chi connectivity index (χ0n) is 12.5. The Morgan fingerprint density at radius 3 is 2.50 bits per heavy atom. The molecule has 0 bridgehead atoms. The number of ketones is 1. The minimum atomic E-state index is -0.566. The Hall–Kier alpha value is -2.87. The number of rotatable bonds is 4. The third-order valence-corrected chi connectivity index (χ3v) is 3.51. The van der Waals surface area contributed by atoms with E-state index < -0.39 is 11.3 Å². The van der Waals surface area contributed by atoms with E-state index in [-0.39, 0.29) is 29.1 Å². The van der Waals surface area contributed by atoms with Crippen molar-refractivity contribution in [3.63, 3.8) is 0 Å². The Morgan fingerprint density at radius 1 is 1.32 bits per heavy atom. The number of hydrogen-bond donors (Lipinski definition) is 1. The largest absolute Gasteiger partial charge is 0.494 e. The first-order valence-corrected chi connectivity index (χ1v) is 6.99. The number of aromatic nitrogens is 1. The Morgan fingerprint density at radius 2 is 1.95 bits per heavy atom. The van der Waals surface area contributed by atoms with Gasteiger partial charge in [-0.2, -0.15) is 5.26 Å². The minimum absolute atomic E-state index is 0.0100. The number of aromatic hydroxyl groups is 1. The summed E-state index contributed by atoms with van der Waals surface area (Å²) >= 11 is 0. The third kappa shape index (κ3) is 2.51. The average molecular weight is 296 g/mol. The van der Waals surface area contributed by atoms with Gasteiger partial charge in [-0.05, 0) is 18.9 Å². The smallest absolute Gasteiger partial charge is 0.271 e. The molecule has 22 heavy (non-hydrogen) atoms. The van der Waals surface area contributed by atoms with E-state index >= 15 is 0 Å². The van der Waals surface area contributed by atoms with Crippen LogP contribution in [-0.2, 0) is 6.54 Å². The normalized spacial score (nSPS) is 10.2. The molecule has 0 aliphatic carbocycles. The van der Waals surface area contributed by atoms with E-state index in [0.717, 1.165) is 4.57 Å². The molecule has 2 aromatic rings. The molecule has 1 aromatic heterocycles. The summed E-state index contributed by atoms with van der Waals surface area (Å²) < 4.78 is 1.09. The number of hydrogen-bond acceptors (Lipinski definition) is 4. The zero-order valence-corrected chi connectivity index (χ0v) is 12.5. The lowest BCUT2D eigenvalue weighted by Crippen LogP contribution is -2.26. The van der Waals surface area contributed by atoms with E-state index in [4.69, 9.17) is 0 Å². The van der Waals surface area contributed by atoms with Crippen LogP contribution >= 0.6 is 0 Å². The van der Waals surface area contributed by atoms with Crippen molar-refractivity contribution in [2.45, 2.75) is 26.8 Å². The van der Waals surface area contributed by atoms with Gasteiger partial charge in [-0.3, -0.25) is 14.2 Å². The summed E-state index contributed by atoms with van der Waals surface area (Å²) in [6.45, 7) is 3.59. The summed E-state index contributed by atoms with van der Waals surface area (Å²) in [5, 5.41) is 19.6. The number of carbonyl (C=O) groups excluding carboxylic acids is 1. The molecule has 5 nitrogen and oxygen atoms in total. The van der Waals surface area contributed by atoms with Crippen molar-refractivity contribution in [1.29, 1.82) is 5.26 Å². The summed E-state index contributed by atoms with van der Waals surface area (Å²) in [6, 6.07) is 10.3. The van der Waals surface area contributed by atoms with Crippen molar-refractivity contribution < 1.29 is 9.90 Å². The molecule has 0 saturated carbocycles. The highest BCUT2D eigenvalue weighted by Crippen LogP contribution is 2.25. The van der Waals surface area contributed by atoms with Crippen molar-refractivity contribution >= 4 is 5.78 Å². The molecule has 112 valence electrons. The molecule has 1 aromatic carbocycles. The summed E-state index contributed by atoms with van der Waals surface area (Å²) in [7, 11) is 0. The number of pyridine rings is 1.